The first-order valence-electron chi connectivity index (χ1n) is 12.8. The van der Waals surface area contributed by atoms with Crippen molar-refractivity contribution in [3.63, 3.8) is 0 Å². The summed E-state index contributed by atoms with van der Waals surface area (Å²) >= 11 is 0. The van der Waals surface area contributed by atoms with Gasteiger partial charge < -0.3 is 9.30 Å². The van der Waals surface area contributed by atoms with Crippen LogP contribution in [0.5, 0.6) is 11.8 Å². The zero-order valence-electron chi connectivity index (χ0n) is 21.8. The van der Waals surface area contributed by atoms with E-state index in [0.29, 0.717) is 34.3 Å². The van der Waals surface area contributed by atoms with Gasteiger partial charge in [0.2, 0.25) is 10.0 Å². The van der Waals surface area contributed by atoms with Gasteiger partial charge in [-0.2, -0.15) is 23.4 Å². The highest BCUT2D eigenvalue weighted by atomic mass is 32.2. The van der Waals surface area contributed by atoms with E-state index in [1.165, 1.54) is 0 Å². The van der Waals surface area contributed by atoms with Crippen LogP contribution in [0.2, 0.25) is 0 Å². The van der Waals surface area contributed by atoms with Crippen LogP contribution >= 0.6 is 0 Å². The molecule has 1 N–H and O–H groups in total. The van der Waals surface area contributed by atoms with Gasteiger partial charge in [0.25, 0.3) is 0 Å². The maximum atomic E-state index is 13.1. The van der Waals surface area contributed by atoms with Crippen molar-refractivity contribution in [2.45, 2.75) is 51.7 Å². The number of ether oxygens (including phenoxy) is 1. The van der Waals surface area contributed by atoms with Gasteiger partial charge in [-0.05, 0) is 68.5 Å². The van der Waals surface area contributed by atoms with Gasteiger partial charge in [0.1, 0.15) is 11.8 Å². The highest BCUT2D eigenvalue weighted by Crippen LogP contribution is 2.44. The molecule has 0 aliphatic heterocycles. The minimum atomic E-state index is -4.64. The standard InChI is InChI=1S/C28H26F3N5O3S/c1-3-13-40(37,38)35-18-7-9-21(17(2)14-18)26-23(16-32)22-10-8-20(15-24(22)36(26)19-5-4-6-19)39-27-33-12-11-25(34-27)28(29,30)31/h7-12,14-15,19,35H,3-6,13H2,1-2H3. The van der Waals surface area contributed by atoms with Crippen molar-refractivity contribution in [3.8, 4) is 29.1 Å². The molecule has 1 fully saturated rings. The molecule has 208 valence electrons. The number of halogens is 3. The number of nitrogens with zero attached hydrogens (tertiary/aromatic N) is 4. The molecule has 12 heteroatoms. The Morgan fingerprint density at radius 1 is 1.18 bits per heavy atom. The molecule has 2 aromatic heterocycles. The Morgan fingerprint density at radius 3 is 2.58 bits per heavy atom. The van der Waals surface area contributed by atoms with E-state index in [9.17, 15) is 26.9 Å². The molecule has 1 aliphatic rings. The summed E-state index contributed by atoms with van der Waals surface area (Å²) in [6, 6.07) is 13.0. The van der Waals surface area contributed by atoms with Crippen LogP contribution in [0.15, 0.2) is 48.7 Å². The van der Waals surface area contributed by atoms with Crippen molar-refractivity contribution in [1.29, 1.82) is 5.26 Å². The third-order valence-corrected chi connectivity index (χ3v) is 8.38. The zero-order chi connectivity index (χ0) is 28.7. The van der Waals surface area contributed by atoms with Gasteiger partial charge >= 0.3 is 12.2 Å². The number of anilines is 1. The molecule has 0 atom stereocenters. The van der Waals surface area contributed by atoms with E-state index < -0.39 is 27.9 Å². The summed E-state index contributed by atoms with van der Waals surface area (Å²) < 4.78 is 74.2. The summed E-state index contributed by atoms with van der Waals surface area (Å²) in [4.78, 5) is 7.30. The third kappa shape index (κ3) is 5.34. The molecule has 0 bridgehead atoms. The van der Waals surface area contributed by atoms with Crippen molar-refractivity contribution in [2.24, 2.45) is 0 Å². The monoisotopic (exact) mass is 569 g/mol. The van der Waals surface area contributed by atoms with Crippen LogP contribution < -0.4 is 9.46 Å². The topological polar surface area (TPSA) is 110 Å². The molecule has 4 aromatic rings. The molecular weight excluding hydrogens is 543 g/mol. The van der Waals surface area contributed by atoms with Gasteiger partial charge in [0.15, 0.2) is 5.69 Å². The first kappa shape index (κ1) is 27.5. The number of aryl methyl sites for hydroxylation is 1. The van der Waals surface area contributed by atoms with Gasteiger partial charge in [0.05, 0.1) is 22.5 Å². The maximum Gasteiger partial charge on any atom is 0.433 e. The van der Waals surface area contributed by atoms with Gasteiger partial charge in [-0.25, -0.2) is 13.4 Å². The van der Waals surface area contributed by atoms with Crippen molar-refractivity contribution < 1.29 is 26.3 Å². The van der Waals surface area contributed by atoms with Crippen LogP contribution in [0.1, 0.15) is 55.5 Å². The van der Waals surface area contributed by atoms with E-state index in [1.807, 2.05) is 6.92 Å². The highest BCUT2D eigenvalue weighted by Gasteiger charge is 2.33. The van der Waals surface area contributed by atoms with Crippen molar-refractivity contribution in [2.75, 3.05) is 10.5 Å². The number of aromatic nitrogens is 3. The van der Waals surface area contributed by atoms with E-state index in [0.717, 1.165) is 42.7 Å². The summed E-state index contributed by atoms with van der Waals surface area (Å²) in [5.41, 5.74) is 2.75. The van der Waals surface area contributed by atoms with E-state index in [1.54, 1.807) is 43.3 Å². The van der Waals surface area contributed by atoms with Gasteiger partial charge in [-0.3, -0.25) is 4.72 Å². The van der Waals surface area contributed by atoms with Crippen LogP contribution in [0, 0.1) is 18.3 Å². The third-order valence-electron chi connectivity index (χ3n) is 6.89. The largest absolute Gasteiger partial charge is 0.433 e. The molecule has 0 radical (unpaired) electrons. The van der Waals surface area contributed by atoms with E-state index >= 15 is 0 Å². The lowest BCUT2D eigenvalue weighted by Crippen LogP contribution is -2.18. The molecule has 40 heavy (non-hydrogen) atoms. The Labute approximate surface area is 229 Å². The van der Waals surface area contributed by atoms with Gasteiger partial charge in [-0.15, -0.1) is 0 Å². The molecule has 0 spiro atoms. The second-order valence-corrected chi connectivity index (χ2v) is 11.6. The lowest BCUT2D eigenvalue weighted by Gasteiger charge is -2.30. The fourth-order valence-corrected chi connectivity index (χ4v) is 6.03. The fourth-order valence-electron chi connectivity index (χ4n) is 4.90. The number of fused-ring (bicyclic) bond motifs is 1. The number of sulfonamides is 1. The number of benzene rings is 2. The lowest BCUT2D eigenvalue weighted by atomic mass is 9.91. The minimum Gasteiger partial charge on any atom is -0.424 e. The Bertz CT molecular complexity index is 1740. The predicted octanol–water partition coefficient (Wildman–Crippen LogP) is 6.97. The lowest BCUT2D eigenvalue weighted by molar-refractivity contribution is -0.141. The molecule has 2 aromatic carbocycles. The number of nitriles is 1. The summed E-state index contributed by atoms with van der Waals surface area (Å²) in [6.07, 6.45) is -0.331. The average molecular weight is 570 g/mol. The quantitative estimate of drug-likeness (QED) is 0.246. The van der Waals surface area contributed by atoms with E-state index in [2.05, 4.69) is 25.3 Å². The maximum absolute atomic E-state index is 13.1. The molecule has 0 saturated heterocycles. The highest BCUT2D eigenvalue weighted by molar-refractivity contribution is 7.92. The Balaban J connectivity index is 1.60. The first-order valence-corrected chi connectivity index (χ1v) is 14.4. The second-order valence-electron chi connectivity index (χ2n) is 9.74. The second kappa shape index (κ2) is 10.5. The summed E-state index contributed by atoms with van der Waals surface area (Å²) in [5.74, 6) is 0.247. The first-order chi connectivity index (χ1) is 19.0. The Hall–Kier alpha value is -4.11. The van der Waals surface area contributed by atoms with Crippen LogP contribution in [-0.2, 0) is 16.2 Å². The number of alkyl halides is 3. The molecule has 1 aliphatic carbocycles. The van der Waals surface area contributed by atoms with Crippen LogP contribution in [0.3, 0.4) is 0 Å². The number of nitrogens with one attached hydrogen (secondary N) is 1. The normalized spacial score (nSPS) is 14.1. The number of rotatable bonds is 8. The SMILES string of the molecule is CCCS(=O)(=O)Nc1ccc(-c2c(C#N)c3ccc(Oc4nccc(C(F)(F)F)n4)cc3n2C2CCC2)c(C)c1. The van der Waals surface area contributed by atoms with Crippen molar-refractivity contribution in [1.82, 2.24) is 14.5 Å². The zero-order valence-corrected chi connectivity index (χ0v) is 22.6. The van der Waals surface area contributed by atoms with Crippen LogP contribution in [-0.4, -0.2) is 28.7 Å². The van der Waals surface area contributed by atoms with Crippen molar-refractivity contribution >= 4 is 26.6 Å². The number of hydrogen-bond donors (Lipinski definition) is 1. The Kier molecular flexibility index (Phi) is 7.18. The molecule has 1 saturated carbocycles. The molecule has 0 unspecified atom stereocenters. The Morgan fingerprint density at radius 2 is 1.95 bits per heavy atom. The summed E-state index contributed by atoms with van der Waals surface area (Å²) in [6.45, 7) is 3.65. The van der Waals surface area contributed by atoms with E-state index in [-0.39, 0.29) is 17.5 Å². The molecule has 8 nitrogen and oxygen atoms in total. The van der Waals surface area contributed by atoms with E-state index in [4.69, 9.17) is 4.74 Å². The van der Waals surface area contributed by atoms with Gasteiger partial charge in [0, 0.05) is 34.9 Å². The smallest absolute Gasteiger partial charge is 0.424 e. The molecular formula is C28H26F3N5O3S. The van der Waals surface area contributed by atoms with Crippen molar-refractivity contribution in [3.05, 3.63) is 65.5 Å². The number of hydrogen-bond acceptors (Lipinski definition) is 6. The molecule has 2 heterocycles. The summed E-state index contributed by atoms with van der Waals surface area (Å²) in [7, 11) is -3.46. The summed E-state index contributed by atoms with van der Waals surface area (Å²) in [5, 5.41) is 10.9. The minimum absolute atomic E-state index is 0.0121. The molecule has 5 rings (SSSR count). The average Bonchev–Trinajstić information content (AvgIpc) is 3.15. The van der Waals surface area contributed by atoms with Crippen LogP contribution in [0.25, 0.3) is 22.2 Å². The fraction of sp³-hybridized carbons (Fsp3) is 0.321. The van der Waals surface area contributed by atoms with Gasteiger partial charge in [-0.1, -0.05) is 13.0 Å². The van der Waals surface area contributed by atoms with Crippen LogP contribution in [0.4, 0.5) is 18.9 Å². The predicted molar refractivity (Wildman–Crippen MR) is 145 cm³/mol. The molecule has 0 amide bonds.